The molecule has 6 nitrogen and oxygen atoms in total. The van der Waals surface area contributed by atoms with Gasteiger partial charge in [-0.05, 0) is 69.3 Å². The number of pyridine rings is 1. The quantitative estimate of drug-likeness (QED) is 0.770. The lowest BCUT2D eigenvalue weighted by Crippen LogP contribution is -2.32. The SMILES string of the molecule is CC1CCN(c2ccc(Nc3ccc(C(=O)NCCN(C)C)nc3)cc2)CC1. The van der Waals surface area contributed by atoms with E-state index in [0.717, 1.165) is 36.9 Å². The van der Waals surface area contributed by atoms with E-state index in [-0.39, 0.29) is 5.91 Å². The number of nitrogens with one attached hydrogen (secondary N) is 2. The second kappa shape index (κ2) is 9.55. The summed E-state index contributed by atoms with van der Waals surface area (Å²) in [6.45, 7) is 6.01. The molecule has 1 aliphatic rings. The molecule has 1 fully saturated rings. The Morgan fingerprint density at radius 2 is 1.79 bits per heavy atom. The summed E-state index contributed by atoms with van der Waals surface area (Å²) in [6, 6.07) is 12.1. The Hall–Kier alpha value is -2.60. The van der Waals surface area contributed by atoms with Crippen LogP contribution >= 0.6 is 0 Å². The first-order chi connectivity index (χ1) is 13.5. The topological polar surface area (TPSA) is 60.5 Å². The van der Waals surface area contributed by atoms with Gasteiger partial charge in [0.2, 0.25) is 0 Å². The summed E-state index contributed by atoms with van der Waals surface area (Å²) < 4.78 is 0. The van der Waals surface area contributed by atoms with Gasteiger partial charge in [0, 0.05) is 37.6 Å². The maximum atomic E-state index is 12.1. The van der Waals surface area contributed by atoms with Crippen molar-refractivity contribution in [3.05, 3.63) is 48.3 Å². The average molecular weight is 382 g/mol. The number of carbonyl (C=O) groups excluding carboxylic acids is 1. The monoisotopic (exact) mass is 381 g/mol. The number of nitrogens with zero attached hydrogens (tertiary/aromatic N) is 3. The third-order valence-electron chi connectivity index (χ3n) is 5.15. The van der Waals surface area contributed by atoms with E-state index in [9.17, 15) is 4.79 Å². The molecule has 1 aromatic heterocycles. The number of likely N-dealkylation sites (N-methyl/N-ethyl adjacent to an activating group) is 1. The fourth-order valence-electron chi connectivity index (χ4n) is 3.27. The first kappa shape index (κ1) is 20.1. The largest absolute Gasteiger partial charge is 0.372 e. The van der Waals surface area contributed by atoms with Gasteiger partial charge in [0.15, 0.2) is 0 Å². The summed E-state index contributed by atoms with van der Waals surface area (Å²) in [5.74, 6) is 0.691. The van der Waals surface area contributed by atoms with Crippen LogP contribution in [0.4, 0.5) is 17.1 Å². The highest BCUT2D eigenvalue weighted by molar-refractivity contribution is 5.92. The van der Waals surface area contributed by atoms with E-state index in [0.29, 0.717) is 12.2 Å². The zero-order chi connectivity index (χ0) is 19.9. The van der Waals surface area contributed by atoms with Crippen LogP contribution in [-0.4, -0.2) is 56.1 Å². The molecule has 3 rings (SSSR count). The van der Waals surface area contributed by atoms with Crippen LogP contribution in [0.5, 0.6) is 0 Å². The number of hydrogen-bond acceptors (Lipinski definition) is 5. The zero-order valence-electron chi connectivity index (χ0n) is 17.1. The standard InChI is InChI=1S/C22H31N5O/c1-17-10-13-27(14-11-17)20-7-4-18(5-8-20)25-19-6-9-21(24-16-19)22(28)23-12-15-26(2)3/h4-9,16-17,25H,10-15H2,1-3H3,(H,23,28). The minimum absolute atomic E-state index is 0.145. The summed E-state index contributed by atoms with van der Waals surface area (Å²) in [5, 5.41) is 6.22. The smallest absolute Gasteiger partial charge is 0.269 e. The molecule has 2 aromatic rings. The average Bonchev–Trinajstić information content (AvgIpc) is 2.69. The van der Waals surface area contributed by atoms with Crippen LogP contribution in [0, 0.1) is 5.92 Å². The third-order valence-corrected chi connectivity index (χ3v) is 5.15. The summed E-state index contributed by atoms with van der Waals surface area (Å²) in [7, 11) is 3.95. The molecule has 28 heavy (non-hydrogen) atoms. The Kier molecular flexibility index (Phi) is 6.87. The zero-order valence-corrected chi connectivity index (χ0v) is 17.1. The van der Waals surface area contributed by atoms with Crippen molar-refractivity contribution in [2.24, 2.45) is 5.92 Å². The minimum Gasteiger partial charge on any atom is -0.372 e. The Labute approximate surface area is 167 Å². The van der Waals surface area contributed by atoms with Crippen molar-refractivity contribution in [2.75, 3.05) is 50.5 Å². The van der Waals surface area contributed by atoms with Gasteiger partial charge < -0.3 is 20.4 Å². The predicted octanol–water partition coefficient (Wildman–Crippen LogP) is 3.35. The van der Waals surface area contributed by atoms with Crippen LogP contribution in [0.1, 0.15) is 30.3 Å². The molecule has 1 saturated heterocycles. The molecule has 0 spiro atoms. The van der Waals surface area contributed by atoms with Gasteiger partial charge in [0.25, 0.3) is 5.91 Å². The number of piperidine rings is 1. The Morgan fingerprint density at radius 1 is 1.11 bits per heavy atom. The number of anilines is 3. The van der Waals surface area contributed by atoms with E-state index in [1.165, 1.54) is 18.5 Å². The Morgan fingerprint density at radius 3 is 2.39 bits per heavy atom. The first-order valence-corrected chi connectivity index (χ1v) is 10.0. The van der Waals surface area contributed by atoms with E-state index in [4.69, 9.17) is 0 Å². The molecule has 0 unspecified atom stereocenters. The summed E-state index contributed by atoms with van der Waals surface area (Å²) in [4.78, 5) is 20.8. The molecule has 1 amide bonds. The molecular weight excluding hydrogens is 350 g/mol. The lowest BCUT2D eigenvalue weighted by Gasteiger charge is -2.32. The predicted molar refractivity (Wildman–Crippen MR) is 115 cm³/mol. The Bertz CT molecular complexity index is 750. The van der Waals surface area contributed by atoms with Gasteiger partial charge in [-0.3, -0.25) is 4.79 Å². The molecule has 0 saturated carbocycles. The van der Waals surface area contributed by atoms with E-state index in [2.05, 4.69) is 51.7 Å². The van der Waals surface area contributed by atoms with Crippen molar-refractivity contribution < 1.29 is 4.79 Å². The van der Waals surface area contributed by atoms with Gasteiger partial charge in [-0.2, -0.15) is 0 Å². The van der Waals surface area contributed by atoms with E-state index >= 15 is 0 Å². The van der Waals surface area contributed by atoms with Gasteiger partial charge >= 0.3 is 0 Å². The van der Waals surface area contributed by atoms with Gasteiger partial charge in [-0.1, -0.05) is 6.92 Å². The number of carbonyl (C=O) groups is 1. The van der Waals surface area contributed by atoms with E-state index in [1.807, 2.05) is 25.1 Å². The molecule has 0 aliphatic carbocycles. The molecule has 150 valence electrons. The highest BCUT2D eigenvalue weighted by atomic mass is 16.1. The van der Waals surface area contributed by atoms with Gasteiger partial charge in [-0.25, -0.2) is 4.98 Å². The normalized spacial score (nSPS) is 14.9. The molecule has 0 bridgehead atoms. The second-order valence-corrected chi connectivity index (χ2v) is 7.83. The number of benzene rings is 1. The highest BCUT2D eigenvalue weighted by Crippen LogP contribution is 2.25. The fourth-order valence-corrected chi connectivity index (χ4v) is 3.27. The number of aromatic nitrogens is 1. The lowest BCUT2D eigenvalue weighted by atomic mass is 9.99. The fraction of sp³-hybridized carbons (Fsp3) is 0.455. The van der Waals surface area contributed by atoms with Crippen molar-refractivity contribution >= 4 is 23.0 Å². The number of hydrogen-bond donors (Lipinski definition) is 2. The van der Waals surface area contributed by atoms with E-state index < -0.39 is 0 Å². The number of amides is 1. The van der Waals surface area contributed by atoms with Crippen LogP contribution in [0.3, 0.4) is 0 Å². The molecule has 1 aromatic carbocycles. The van der Waals surface area contributed by atoms with Crippen LogP contribution in [0.15, 0.2) is 42.6 Å². The molecular formula is C22H31N5O. The van der Waals surface area contributed by atoms with Crippen LogP contribution in [-0.2, 0) is 0 Å². The second-order valence-electron chi connectivity index (χ2n) is 7.83. The van der Waals surface area contributed by atoms with E-state index in [1.54, 1.807) is 12.3 Å². The van der Waals surface area contributed by atoms with Gasteiger partial charge in [-0.15, -0.1) is 0 Å². The summed E-state index contributed by atoms with van der Waals surface area (Å²) in [6.07, 6.45) is 4.22. The Balaban J connectivity index is 1.53. The molecule has 0 atom stereocenters. The molecule has 2 N–H and O–H groups in total. The molecule has 1 aliphatic heterocycles. The molecule has 0 radical (unpaired) electrons. The summed E-state index contributed by atoms with van der Waals surface area (Å²) >= 11 is 0. The van der Waals surface area contributed by atoms with Crippen molar-refractivity contribution in [3.63, 3.8) is 0 Å². The maximum Gasteiger partial charge on any atom is 0.269 e. The highest BCUT2D eigenvalue weighted by Gasteiger charge is 2.15. The van der Waals surface area contributed by atoms with Crippen LogP contribution in [0.2, 0.25) is 0 Å². The summed E-state index contributed by atoms with van der Waals surface area (Å²) in [5.41, 5.74) is 3.59. The first-order valence-electron chi connectivity index (χ1n) is 10.0. The maximum absolute atomic E-state index is 12.1. The lowest BCUT2D eigenvalue weighted by molar-refractivity contribution is 0.0946. The van der Waals surface area contributed by atoms with Crippen molar-refractivity contribution in [1.29, 1.82) is 0 Å². The van der Waals surface area contributed by atoms with Crippen LogP contribution < -0.4 is 15.5 Å². The third kappa shape index (κ3) is 5.70. The van der Waals surface area contributed by atoms with Gasteiger partial charge in [0.05, 0.1) is 11.9 Å². The number of rotatable bonds is 7. The van der Waals surface area contributed by atoms with Crippen LogP contribution in [0.25, 0.3) is 0 Å². The van der Waals surface area contributed by atoms with Crippen molar-refractivity contribution in [2.45, 2.75) is 19.8 Å². The minimum atomic E-state index is -0.145. The molecule has 6 heteroatoms. The van der Waals surface area contributed by atoms with Crippen molar-refractivity contribution in [1.82, 2.24) is 15.2 Å². The molecule has 2 heterocycles. The van der Waals surface area contributed by atoms with Crippen molar-refractivity contribution in [3.8, 4) is 0 Å². The van der Waals surface area contributed by atoms with Gasteiger partial charge in [0.1, 0.15) is 5.69 Å².